The average Bonchev–Trinajstić information content (AvgIpc) is 3.58. The summed E-state index contributed by atoms with van der Waals surface area (Å²) in [4.78, 5) is 0. The van der Waals surface area contributed by atoms with Crippen LogP contribution in [0.25, 0.3) is 0 Å². The van der Waals surface area contributed by atoms with Crippen LogP contribution in [0, 0.1) is 70.6 Å². The zero-order chi connectivity index (χ0) is 27.4. The molecule has 2 aromatic carbocycles. The Labute approximate surface area is 300 Å². The van der Waals surface area contributed by atoms with Gasteiger partial charge in [-0.3, -0.25) is 0 Å². The quantitative estimate of drug-likeness (QED) is 0.203. The first kappa shape index (κ1) is 40.5. The van der Waals surface area contributed by atoms with Gasteiger partial charge < -0.3 is 29.7 Å². The van der Waals surface area contributed by atoms with Crippen LogP contribution in [0.4, 0.5) is 0 Å². The molecule has 2 aromatic rings. The number of fused-ring (bicyclic) bond motifs is 2. The van der Waals surface area contributed by atoms with Crippen molar-refractivity contribution < 1.29 is 25.8 Å². The van der Waals surface area contributed by atoms with Crippen molar-refractivity contribution in [1.82, 2.24) is 0 Å². The molecule has 0 N–H and O–H groups in total. The van der Waals surface area contributed by atoms with E-state index in [1.54, 1.807) is 36.8 Å². The Balaban J connectivity index is 0.00000141. The van der Waals surface area contributed by atoms with Crippen LogP contribution < -0.4 is 0 Å². The molecule has 5 aliphatic rings. The second-order valence-electron chi connectivity index (χ2n) is 15.8. The van der Waals surface area contributed by atoms with Crippen molar-refractivity contribution in [3.05, 3.63) is 100 Å². The molecule has 7 rings (SSSR count). The van der Waals surface area contributed by atoms with E-state index in [9.17, 15) is 0 Å². The van der Waals surface area contributed by atoms with Crippen LogP contribution in [0.15, 0.2) is 48.5 Å². The van der Waals surface area contributed by atoms with Gasteiger partial charge in [0.05, 0.1) is 0 Å². The topological polar surface area (TPSA) is 0 Å². The van der Waals surface area contributed by atoms with Crippen molar-refractivity contribution in [2.24, 2.45) is 40.9 Å². The van der Waals surface area contributed by atoms with E-state index in [1.165, 1.54) is 68.9 Å². The van der Waals surface area contributed by atoms with Gasteiger partial charge in [0.25, 0.3) is 0 Å². The number of benzene rings is 2. The molecule has 0 saturated heterocycles. The van der Waals surface area contributed by atoms with E-state index in [4.69, 9.17) is 0 Å². The molecule has 45 heavy (non-hydrogen) atoms. The molecule has 1 heteroatoms. The van der Waals surface area contributed by atoms with E-state index >= 15 is 0 Å². The molecule has 0 spiro atoms. The molecule has 0 nitrogen and oxygen atoms in total. The maximum absolute atomic E-state index is 2.52. The van der Waals surface area contributed by atoms with Crippen molar-refractivity contribution in [3.8, 4) is 0 Å². The van der Waals surface area contributed by atoms with Crippen molar-refractivity contribution in [1.29, 1.82) is 0 Å². The van der Waals surface area contributed by atoms with Gasteiger partial charge in [-0.2, -0.15) is 0 Å². The van der Waals surface area contributed by atoms with Crippen LogP contribution in [-0.2, 0) is 25.8 Å². The summed E-state index contributed by atoms with van der Waals surface area (Å²) < 4.78 is 0. The van der Waals surface area contributed by atoms with Crippen molar-refractivity contribution >= 4 is 0 Å². The van der Waals surface area contributed by atoms with Gasteiger partial charge in [0.2, 0.25) is 0 Å². The van der Waals surface area contributed by atoms with Gasteiger partial charge in [-0.15, -0.1) is 0 Å². The molecule has 0 aliphatic heterocycles. The van der Waals surface area contributed by atoms with Crippen LogP contribution in [-0.4, -0.2) is 0 Å². The minimum absolute atomic E-state index is 0. The van der Waals surface area contributed by atoms with Crippen LogP contribution >= 0.6 is 0 Å². The number of rotatable bonds is 6. The summed E-state index contributed by atoms with van der Waals surface area (Å²) in [7, 11) is 0. The predicted molar refractivity (Wildman–Crippen MR) is 196 cm³/mol. The standard InChI is InChI=1S/C40H56.4CH3.Hf/c1-26(2)28-12-16-30(17-13-28)32-8-5-10-36-34(32)20-22-38(36)40(24-7-25-40)39-23-21-35-33(9-6-11-37(35)39)31-18-14-29(15-19-31)27(3)4;;;;;/h12-19,26-27,32-39H,5-11,20-25H2,1-4H3;4*1H3;/q;4*-1;+4. The molecule has 8 unspecified atom stereocenters. The Hall–Kier alpha value is -0.690. The average molecular weight is 776 g/mol. The summed E-state index contributed by atoms with van der Waals surface area (Å²) in [6, 6.07) is 19.9. The molecule has 8 atom stereocenters. The summed E-state index contributed by atoms with van der Waals surface area (Å²) in [5.41, 5.74) is 7.05. The second kappa shape index (κ2) is 16.6. The largest absolute Gasteiger partial charge is 4.00 e. The van der Waals surface area contributed by atoms with E-state index in [-0.39, 0.29) is 55.5 Å². The maximum atomic E-state index is 2.52. The Morgan fingerprint density at radius 3 is 1.16 bits per heavy atom. The molecular formula is C44H68Hf. The van der Waals surface area contributed by atoms with Crippen LogP contribution in [0.1, 0.15) is 157 Å². The van der Waals surface area contributed by atoms with E-state index < -0.39 is 0 Å². The van der Waals surface area contributed by atoms with Crippen LogP contribution in [0.2, 0.25) is 0 Å². The summed E-state index contributed by atoms with van der Waals surface area (Å²) >= 11 is 0. The molecule has 5 aliphatic carbocycles. The SMILES string of the molecule is CC(C)c1ccc(C2CCCC3C2CCC3C2(C3CCC4C(c5ccc(C(C)C)cc5)CCCC43)CCC2)cc1.[CH3-].[CH3-].[CH3-].[CH3-].[Hf+4]. The fourth-order valence-corrected chi connectivity index (χ4v) is 11.7. The van der Waals surface area contributed by atoms with Gasteiger partial charge in [0.1, 0.15) is 0 Å². The van der Waals surface area contributed by atoms with Crippen LogP contribution in [0.3, 0.4) is 0 Å². The van der Waals surface area contributed by atoms with Gasteiger partial charge in [0.15, 0.2) is 0 Å². The smallest absolute Gasteiger partial charge is 0.358 e. The first-order chi connectivity index (χ1) is 19.5. The molecule has 0 bridgehead atoms. The summed E-state index contributed by atoms with van der Waals surface area (Å²) in [5.74, 6) is 8.90. The summed E-state index contributed by atoms with van der Waals surface area (Å²) in [5, 5.41) is 0. The monoisotopic (exact) mass is 776 g/mol. The normalized spacial score (nSPS) is 32.8. The number of hydrogen-bond acceptors (Lipinski definition) is 0. The van der Waals surface area contributed by atoms with E-state index in [2.05, 4.69) is 76.2 Å². The van der Waals surface area contributed by atoms with Gasteiger partial charge in [-0.25, -0.2) is 0 Å². The zero-order valence-corrected chi connectivity index (χ0v) is 34.2. The van der Waals surface area contributed by atoms with Gasteiger partial charge in [-0.05, 0) is 151 Å². The van der Waals surface area contributed by atoms with E-state index in [0.717, 1.165) is 47.3 Å². The maximum Gasteiger partial charge on any atom is 4.00 e. The summed E-state index contributed by atoms with van der Waals surface area (Å²) in [6.07, 6.45) is 19.6. The molecule has 248 valence electrons. The minimum atomic E-state index is 0. The third kappa shape index (κ3) is 7.20. The van der Waals surface area contributed by atoms with Gasteiger partial charge >= 0.3 is 25.8 Å². The van der Waals surface area contributed by atoms with Gasteiger partial charge in [0, 0.05) is 0 Å². The fourth-order valence-electron chi connectivity index (χ4n) is 11.7. The van der Waals surface area contributed by atoms with Crippen LogP contribution in [0.5, 0.6) is 0 Å². The predicted octanol–water partition coefficient (Wildman–Crippen LogP) is 13.4. The third-order valence-electron chi connectivity index (χ3n) is 13.7. The Morgan fingerprint density at radius 2 is 0.844 bits per heavy atom. The molecule has 0 heterocycles. The van der Waals surface area contributed by atoms with Crippen molar-refractivity contribution in [3.63, 3.8) is 0 Å². The molecule has 0 amide bonds. The Morgan fingerprint density at radius 1 is 0.467 bits per heavy atom. The third-order valence-corrected chi connectivity index (χ3v) is 13.7. The number of hydrogen-bond donors (Lipinski definition) is 0. The molecule has 0 aromatic heterocycles. The molecule has 5 saturated carbocycles. The second-order valence-corrected chi connectivity index (χ2v) is 15.8. The molecule has 5 fully saturated rings. The first-order valence-electron chi connectivity index (χ1n) is 17.7. The Bertz CT molecular complexity index is 1050. The zero-order valence-electron chi connectivity index (χ0n) is 30.6. The van der Waals surface area contributed by atoms with Crippen molar-refractivity contribution in [2.75, 3.05) is 0 Å². The minimum Gasteiger partial charge on any atom is -0.358 e. The van der Waals surface area contributed by atoms with E-state index in [1.807, 2.05) is 0 Å². The van der Waals surface area contributed by atoms with Crippen molar-refractivity contribution in [2.45, 2.75) is 135 Å². The fraction of sp³-hybridized carbons (Fsp3) is 0.636. The Kier molecular flexibility index (Phi) is 14.9. The first-order valence-corrected chi connectivity index (χ1v) is 17.7. The van der Waals surface area contributed by atoms with Gasteiger partial charge in [-0.1, -0.05) is 95.5 Å². The molecule has 0 radical (unpaired) electrons. The summed E-state index contributed by atoms with van der Waals surface area (Å²) in [6.45, 7) is 9.32. The van der Waals surface area contributed by atoms with E-state index in [0.29, 0.717) is 17.3 Å². The molecular weight excluding hydrogens is 707 g/mol.